The topological polar surface area (TPSA) is 66.8 Å². The van der Waals surface area contributed by atoms with Crippen LogP contribution in [0.5, 0.6) is 5.75 Å². The molecule has 0 radical (unpaired) electrons. The molecule has 4 rings (SSSR count). The molecule has 2 fully saturated rings. The van der Waals surface area contributed by atoms with Crippen molar-refractivity contribution in [3.63, 3.8) is 0 Å². The number of rotatable bonds is 2. The van der Waals surface area contributed by atoms with E-state index in [2.05, 4.69) is 0 Å². The summed E-state index contributed by atoms with van der Waals surface area (Å²) in [6.07, 6.45) is 2.33. The van der Waals surface area contributed by atoms with E-state index in [1.54, 1.807) is 0 Å². The van der Waals surface area contributed by atoms with Gasteiger partial charge in [0.15, 0.2) is 0 Å². The van der Waals surface area contributed by atoms with Gasteiger partial charge in [-0.3, -0.25) is 9.59 Å². The Morgan fingerprint density at radius 1 is 1.24 bits per heavy atom. The van der Waals surface area contributed by atoms with Gasteiger partial charge in [0.2, 0.25) is 5.91 Å². The molecule has 1 aromatic rings. The molecule has 110 valence electrons. The predicted octanol–water partition coefficient (Wildman–Crippen LogP) is 1.63. The molecule has 21 heavy (non-hydrogen) atoms. The zero-order valence-corrected chi connectivity index (χ0v) is 11.6. The van der Waals surface area contributed by atoms with Crippen molar-refractivity contribution in [2.45, 2.75) is 37.3 Å². The smallest absolute Gasteiger partial charge is 0.308 e. The first-order chi connectivity index (χ1) is 10.2. The summed E-state index contributed by atoms with van der Waals surface area (Å²) < 4.78 is 5.59. The third-order valence-corrected chi connectivity index (χ3v) is 5.11. The van der Waals surface area contributed by atoms with Gasteiger partial charge in [-0.15, -0.1) is 0 Å². The second kappa shape index (κ2) is 4.48. The summed E-state index contributed by atoms with van der Waals surface area (Å²) in [6.45, 7) is 0.367. The number of hydrogen-bond acceptors (Lipinski definition) is 3. The number of fused-ring (bicyclic) bond motifs is 3. The molecule has 5 heteroatoms. The number of aliphatic carboxylic acids is 1. The molecule has 5 nitrogen and oxygen atoms in total. The molecule has 3 aliphatic heterocycles. The van der Waals surface area contributed by atoms with Crippen molar-refractivity contribution >= 4 is 11.9 Å². The molecule has 0 aliphatic carbocycles. The van der Waals surface area contributed by atoms with E-state index in [0.717, 1.165) is 24.2 Å². The lowest BCUT2D eigenvalue weighted by atomic mass is 9.89. The minimum absolute atomic E-state index is 0.0381. The fourth-order valence-electron chi connectivity index (χ4n) is 4.14. The van der Waals surface area contributed by atoms with Crippen LogP contribution in [0, 0.1) is 5.92 Å². The molecule has 0 spiro atoms. The number of ether oxygens (including phenoxy) is 1. The summed E-state index contributed by atoms with van der Waals surface area (Å²) in [6, 6.07) is 7.57. The Balaban J connectivity index is 1.61. The number of para-hydroxylation sites is 1. The third-order valence-electron chi connectivity index (χ3n) is 5.11. The van der Waals surface area contributed by atoms with Crippen LogP contribution in [0.4, 0.5) is 0 Å². The maximum Gasteiger partial charge on any atom is 0.308 e. The number of carbonyl (C=O) groups excluding carboxylic acids is 1. The summed E-state index contributed by atoms with van der Waals surface area (Å²) in [5.74, 6) is -0.640. The van der Waals surface area contributed by atoms with E-state index in [1.807, 2.05) is 29.2 Å². The Labute approximate surface area is 122 Å². The van der Waals surface area contributed by atoms with E-state index >= 15 is 0 Å². The molecule has 0 aromatic heterocycles. The minimum atomic E-state index is -0.775. The lowest BCUT2D eigenvalue weighted by Gasteiger charge is -2.25. The van der Waals surface area contributed by atoms with Crippen LogP contribution < -0.4 is 4.74 Å². The third kappa shape index (κ3) is 1.76. The first-order valence-electron chi connectivity index (χ1n) is 7.43. The van der Waals surface area contributed by atoms with Gasteiger partial charge < -0.3 is 14.7 Å². The molecule has 1 aromatic carbocycles. The molecule has 3 aliphatic rings. The molecule has 2 bridgehead atoms. The van der Waals surface area contributed by atoms with Crippen LogP contribution in [0.25, 0.3) is 0 Å². The maximum atomic E-state index is 12.9. The van der Waals surface area contributed by atoms with Crippen LogP contribution in [0.2, 0.25) is 0 Å². The number of nitrogens with zero attached hydrogens (tertiary/aromatic N) is 1. The summed E-state index contributed by atoms with van der Waals surface area (Å²) in [5, 5.41) is 9.30. The SMILES string of the molecule is O=C(O)C1CC2CCC1N2C(=O)C1COc2ccccc21. The molecule has 4 atom stereocenters. The number of amides is 1. The molecule has 4 unspecified atom stereocenters. The first kappa shape index (κ1) is 12.7. The second-order valence-electron chi connectivity index (χ2n) is 6.13. The molecule has 1 N–H and O–H groups in total. The van der Waals surface area contributed by atoms with Gasteiger partial charge >= 0.3 is 5.97 Å². The van der Waals surface area contributed by atoms with Crippen molar-refractivity contribution in [3.05, 3.63) is 29.8 Å². The molecule has 0 saturated carbocycles. The number of carboxylic acid groups (broad SMARTS) is 1. The van der Waals surface area contributed by atoms with Crippen molar-refractivity contribution in [3.8, 4) is 5.75 Å². The highest BCUT2D eigenvalue weighted by Crippen LogP contribution is 2.45. The van der Waals surface area contributed by atoms with Crippen molar-refractivity contribution in [2.75, 3.05) is 6.61 Å². The Bertz CT molecular complexity index is 614. The number of carbonyl (C=O) groups is 2. The average molecular weight is 287 g/mol. The second-order valence-corrected chi connectivity index (χ2v) is 6.13. The van der Waals surface area contributed by atoms with Crippen molar-refractivity contribution in [1.29, 1.82) is 0 Å². The van der Waals surface area contributed by atoms with Gasteiger partial charge in [0, 0.05) is 17.6 Å². The van der Waals surface area contributed by atoms with E-state index in [1.165, 1.54) is 0 Å². The van der Waals surface area contributed by atoms with Crippen LogP contribution >= 0.6 is 0 Å². The van der Waals surface area contributed by atoms with Gasteiger partial charge in [-0.1, -0.05) is 18.2 Å². The highest BCUT2D eigenvalue weighted by atomic mass is 16.5. The van der Waals surface area contributed by atoms with Crippen LogP contribution in [0.1, 0.15) is 30.7 Å². The van der Waals surface area contributed by atoms with Crippen molar-refractivity contribution < 1.29 is 19.4 Å². The number of carboxylic acids is 1. The Morgan fingerprint density at radius 2 is 2.05 bits per heavy atom. The lowest BCUT2D eigenvalue weighted by molar-refractivity contribution is -0.143. The molecule has 2 saturated heterocycles. The zero-order chi connectivity index (χ0) is 14.6. The first-order valence-corrected chi connectivity index (χ1v) is 7.43. The summed E-state index contributed by atoms with van der Waals surface area (Å²) >= 11 is 0. The van der Waals surface area contributed by atoms with Gasteiger partial charge in [-0.2, -0.15) is 0 Å². The summed E-state index contributed by atoms with van der Waals surface area (Å²) in [4.78, 5) is 26.1. The van der Waals surface area contributed by atoms with Crippen LogP contribution in [-0.2, 0) is 9.59 Å². The Kier molecular flexibility index (Phi) is 2.71. The van der Waals surface area contributed by atoms with Crippen LogP contribution in [0.15, 0.2) is 24.3 Å². The Hall–Kier alpha value is -2.04. The average Bonchev–Trinajstić information content (AvgIpc) is 3.18. The minimum Gasteiger partial charge on any atom is -0.492 e. The van der Waals surface area contributed by atoms with Gasteiger partial charge in [-0.05, 0) is 25.3 Å². The monoisotopic (exact) mass is 287 g/mol. The molecule has 1 amide bonds. The van der Waals surface area contributed by atoms with Crippen molar-refractivity contribution in [2.24, 2.45) is 5.92 Å². The highest BCUT2D eigenvalue weighted by Gasteiger charge is 2.53. The predicted molar refractivity (Wildman–Crippen MR) is 74.1 cm³/mol. The zero-order valence-electron chi connectivity index (χ0n) is 11.6. The molecular formula is C16H17NO4. The fourth-order valence-corrected chi connectivity index (χ4v) is 4.14. The van der Waals surface area contributed by atoms with E-state index in [9.17, 15) is 14.7 Å². The van der Waals surface area contributed by atoms with E-state index in [0.29, 0.717) is 13.0 Å². The number of benzene rings is 1. The molecular weight excluding hydrogens is 270 g/mol. The van der Waals surface area contributed by atoms with Gasteiger partial charge in [0.25, 0.3) is 0 Å². The van der Waals surface area contributed by atoms with Crippen LogP contribution in [0.3, 0.4) is 0 Å². The Morgan fingerprint density at radius 3 is 2.81 bits per heavy atom. The van der Waals surface area contributed by atoms with E-state index in [4.69, 9.17) is 4.74 Å². The molecule has 3 heterocycles. The summed E-state index contributed by atoms with van der Waals surface area (Å²) in [5.41, 5.74) is 0.931. The van der Waals surface area contributed by atoms with Gasteiger partial charge in [-0.25, -0.2) is 0 Å². The van der Waals surface area contributed by atoms with Crippen LogP contribution in [-0.4, -0.2) is 40.6 Å². The maximum absolute atomic E-state index is 12.9. The quantitative estimate of drug-likeness (QED) is 0.897. The van der Waals surface area contributed by atoms with Gasteiger partial charge in [0.1, 0.15) is 18.3 Å². The number of hydrogen-bond donors (Lipinski definition) is 1. The fraction of sp³-hybridized carbons (Fsp3) is 0.500. The van der Waals surface area contributed by atoms with Gasteiger partial charge in [0.05, 0.1) is 5.92 Å². The van der Waals surface area contributed by atoms with E-state index < -0.39 is 11.9 Å². The normalized spacial score (nSPS) is 32.9. The summed E-state index contributed by atoms with van der Waals surface area (Å²) in [7, 11) is 0. The standard InChI is InChI=1S/C16H17NO4/c18-15(12-8-21-14-4-2-1-3-10(12)14)17-9-5-6-13(17)11(7-9)16(19)20/h1-4,9,11-13H,5-8H2,(H,19,20). The highest BCUT2D eigenvalue weighted by molar-refractivity contribution is 5.87. The van der Waals surface area contributed by atoms with E-state index in [-0.39, 0.29) is 23.9 Å². The van der Waals surface area contributed by atoms with Crippen molar-refractivity contribution in [1.82, 2.24) is 4.90 Å². The lowest BCUT2D eigenvalue weighted by Crippen LogP contribution is -2.41. The largest absolute Gasteiger partial charge is 0.492 e.